The third kappa shape index (κ3) is 2.44. The molecule has 0 fully saturated rings. The Morgan fingerprint density at radius 3 is 2.90 bits per heavy atom. The van der Waals surface area contributed by atoms with Crippen LogP contribution in [0.15, 0.2) is 65.8 Å². The Balaban J connectivity index is 1.57. The molecule has 29 heavy (non-hydrogen) atoms. The van der Waals surface area contributed by atoms with Gasteiger partial charge in [-0.05, 0) is 42.5 Å². The van der Waals surface area contributed by atoms with Gasteiger partial charge in [-0.3, -0.25) is 8.97 Å². The van der Waals surface area contributed by atoms with E-state index in [1.165, 1.54) is 11.1 Å². The first-order valence-corrected chi connectivity index (χ1v) is 9.77. The van der Waals surface area contributed by atoms with E-state index in [9.17, 15) is 4.79 Å². The highest BCUT2D eigenvalue weighted by molar-refractivity contribution is 5.73. The van der Waals surface area contributed by atoms with Gasteiger partial charge in [0.05, 0.1) is 18.4 Å². The molecule has 1 unspecified atom stereocenters. The largest absolute Gasteiger partial charge is 0.328 e. The summed E-state index contributed by atoms with van der Waals surface area (Å²) in [6.07, 6.45) is 8.40. The summed E-state index contributed by atoms with van der Waals surface area (Å²) in [5, 5.41) is 0. The molecule has 5 aromatic rings. The van der Waals surface area contributed by atoms with Gasteiger partial charge >= 0.3 is 5.69 Å². The Bertz CT molecular complexity index is 1430. The van der Waals surface area contributed by atoms with Crippen molar-refractivity contribution in [1.82, 2.24) is 28.9 Å². The molecule has 142 valence electrons. The predicted octanol–water partition coefficient (Wildman–Crippen LogP) is 3.36. The number of aromatic amines is 1. The second-order valence-electron chi connectivity index (χ2n) is 7.41. The number of benzene rings is 1. The summed E-state index contributed by atoms with van der Waals surface area (Å²) in [5.74, 6) is 0.549. The topological polar surface area (TPSA) is 80.9 Å². The van der Waals surface area contributed by atoms with Gasteiger partial charge < -0.3 is 4.98 Å². The zero-order chi connectivity index (χ0) is 19.4. The Hall–Kier alpha value is -3.74. The fourth-order valence-corrected chi connectivity index (χ4v) is 4.42. The van der Waals surface area contributed by atoms with Gasteiger partial charge in [0.2, 0.25) is 0 Å². The predicted molar refractivity (Wildman–Crippen MR) is 110 cm³/mol. The molecule has 4 heterocycles. The molecule has 0 aliphatic heterocycles. The standard InChI is InChI=1S/C22H18N6O/c29-22-25-16-12-24-20(18-13-23-19-10-3-4-11-27(18)19)26-21(16)28(22)17-9-5-7-14-6-1-2-8-15(14)17/h1-4,6,8,10-13,17H,5,7,9H2,(H,25,29). The number of nitrogens with one attached hydrogen (secondary N) is 1. The third-order valence-electron chi connectivity index (χ3n) is 5.75. The Morgan fingerprint density at radius 1 is 1.03 bits per heavy atom. The smallest absolute Gasteiger partial charge is 0.303 e. The van der Waals surface area contributed by atoms with Crippen molar-refractivity contribution in [3.8, 4) is 11.5 Å². The molecule has 0 saturated carbocycles. The minimum absolute atomic E-state index is 0.0221. The van der Waals surface area contributed by atoms with Crippen molar-refractivity contribution in [2.75, 3.05) is 0 Å². The van der Waals surface area contributed by atoms with Crippen LogP contribution in [0.4, 0.5) is 0 Å². The van der Waals surface area contributed by atoms with Crippen LogP contribution in [-0.4, -0.2) is 28.9 Å². The highest BCUT2D eigenvalue weighted by atomic mass is 16.1. The van der Waals surface area contributed by atoms with Gasteiger partial charge in [-0.1, -0.05) is 30.3 Å². The number of rotatable bonds is 2. The van der Waals surface area contributed by atoms with Crippen molar-refractivity contribution in [3.05, 3.63) is 82.7 Å². The van der Waals surface area contributed by atoms with E-state index in [1.807, 2.05) is 34.9 Å². The van der Waals surface area contributed by atoms with Gasteiger partial charge in [-0.15, -0.1) is 0 Å². The number of pyridine rings is 1. The van der Waals surface area contributed by atoms with E-state index in [1.54, 1.807) is 17.0 Å². The molecule has 1 atom stereocenters. The summed E-state index contributed by atoms with van der Waals surface area (Å²) in [4.78, 5) is 29.5. The van der Waals surface area contributed by atoms with E-state index in [4.69, 9.17) is 4.98 Å². The highest BCUT2D eigenvalue weighted by Crippen LogP contribution is 2.33. The number of aromatic nitrogens is 6. The quantitative estimate of drug-likeness (QED) is 0.508. The molecule has 0 saturated heterocycles. The molecule has 7 nitrogen and oxygen atoms in total. The maximum atomic E-state index is 12.9. The molecular weight excluding hydrogens is 364 g/mol. The van der Waals surface area contributed by atoms with Crippen LogP contribution in [-0.2, 0) is 6.42 Å². The molecule has 0 bridgehead atoms. The van der Waals surface area contributed by atoms with Crippen LogP contribution in [0, 0.1) is 0 Å². The average Bonchev–Trinajstić information content (AvgIpc) is 3.33. The Labute approximate surface area is 165 Å². The number of H-pyrrole nitrogens is 1. The molecule has 1 aliphatic carbocycles. The number of hydrogen-bond donors (Lipinski definition) is 1. The maximum absolute atomic E-state index is 12.9. The van der Waals surface area contributed by atoms with Crippen LogP contribution < -0.4 is 5.69 Å². The van der Waals surface area contributed by atoms with Crippen LogP contribution in [0.25, 0.3) is 28.3 Å². The molecular formula is C22H18N6O. The van der Waals surface area contributed by atoms with Gasteiger partial charge in [0.15, 0.2) is 11.5 Å². The number of nitrogens with zero attached hydrogens (tertiary/aromatic N) is 5. The van der Waals surface area contributed by atoms with Crippen molar-refractivity contribution in [3.63, 3.8) is 0 Å². The van der Waals surface area contributed by atoms with E-state index < -0.39 is 0 Å². The number of hydrogen-bond acceptors (Lipinski definition) is 4. The molecule has 4 aromatic heterocycles. The fourth-order valence-electron chi connectivity index (χ4n) is 4.42. The number of imidazole rings is 2. The minimum Gasteiger partial charge on any atom is -0.303 e. The first-order chi connectivity index (χ1) is 14.3. The zero-order valence-corrected chi connectivity index (χ0v) is 15.6. The highest BCUT2D eigenvalue weighted by Gasteiger charge is 2.25. The van der Waals surface area contributed by atoms with E-state index >= 15 is 0 Å². The van der Waals surface area contributed by atoms with Gasteiger partial charge in [-0.2, -0.15) is 0 Å². The lowest BCUT2D eigenvalue weighted by Gasteiger charge is -2.26. The van der Waals surface area contributed by atoms with Crippen LogP contribution >= 0.6 is 0 Å². The van der Waals surface area contributed by atoms with E-state index in [0.717, 1.165) is 30.6 Å². The van der Waals surface area contributed by atoms with Gasteiger partial charge in [-0.25, -0.2) is 19.7 Å². The van der Waals surface area contributed by atoms with Crippen LogP contribution in [0.3, 0.4) is 0 Å². The van der Waals surface area contributed by atoms with Gasteiger partial charge in [0.1, 0.15) is 16.9 Å². The lowest BCUT2D eigenvalue weighted by molar-refractivity contribution is 0.487. The van der Waals surface area contributed by atoms with E-state index in [2.05, 4.69) is 33.2 Å². The number of fused-ring (bicyclic) bond motifs is 3. The summed E-state index contributed by atoms with van der Waals surface area (Å²) in [7, 11) is 0. The molecule has 1 aliphatic rings. The van der Waals surface area contributed by atoms with E-state index in [-0.39, 0.29) is 11.7 Å². The first-order valence-electron chi connectivity index (χ1n) is 9.77. The summed E-state index contributed by atoms with van der Waals surface area (Å²) < 4.78 is 3.74. The van der Waals surface area contributed by atoms with Crippen LogP contribution in [0.1, 0.15) is 30.0 Å². The molecule has 0 amide bonds. The average molecular weight is 382 g/mol. The van der Waals surface area contributed by atoms with Crippen LogP contribution in [0.5, 0.6) is 0 Å². The molecule has 0 radical (unpaired) electrons. The molecule has 7 heteroatoms. The summed E-state index contributed by atoms with van der Waals surface area (Å²) in [5.41, 5.74) is 5.28. The monoisotopic (exact) mass is 382 g/mol. The van der Waals surface area contributed by atoms with Crippen LogP contribution in [0.2, 0.25) is 0 Å². The molecule has 6 rings (SSSR count). The maximum Gasteiger partial charge on any atom is 0.328 e. The molecule has 1 aromatic carbocycles. The molecule has 1 N–H and O–H groups in total. The third-order valence-corrected chi connectivity index (χ3v) is 5.75. The first kappa shape index (κ1) is 16.2. The normalized spacial score (nSPS) is 16.3. The second kappa shape index (κ2) is 6.13. The summed E-state index contributed by atoms with van der Waals surface area (Å²) in [6.45, 7) is 0. The second-order valence-corrected chi connectivity index (χ2v) is 7.41. The zero-order valence-electron chi connectivity index (χ0n) is 15.6. The molecule has 0 spiro atoms. The van der Waals surface area contributed by atoms with Gasteiger partial charge in [0.25, 0.3) is 0 Å². The van der Waals surface area contributed by atoms with Crippen molar-refractivity contribution >= 4 is 16.8 Å². The van der Waals surface area contributed by atoms with Gasteiger partial charge in [0, 0.05) is 6.20 Å². The summed E-state index contributed by atoms with van der Waals surface area (Å²) >= 11 is 0. The number of aryl methyl sites for hydroxylation is 1. The van der Waals surface area contributed by atoms with Crippen molar-refractivity contribution in [2.45, 2.75) is 25.3 Å². The Morgan fingerprint density at radius 2 is 1.93 bits per heavy atom. The SMILES string of the molecule is O=c1[nH]c2cnc(-c3cnc4ccccn34)nc2n1C1CCCc2ccccc21. The minimum atomic E-state index is -0.147. The Kier molecular flexibility index (Phi) is 3.43. The lowest BCUT2D eigenvalue weighted by atomic mass is 9.87. The van der Waals surface area contributed by atoms with Crippen molar-refractivity contribution in [2.24, 2.45) is 0 Å². The van der Waals surface area contributed by atoms with E-state index in [0.29, 0.717) is 17.0 Å². The fraction of sp³-hybridized carbons (Fsp3) is 0.182. The van der Waals surface area contributed by atoms with Crippen molar-refractivity contribution < 1.29 is 0 Å². The van der Waals surface area contributed by atoms with Crippen molar-refractivity contribution in [1.29, 1.82) is 0 Å². The lowest BCUT2D eigenvalue weighted by Crippen LogP contribution is -2.26. The summed E-state index contributed by atoms with van der Waals surface area (Å²) in [6, 6.07) is 14.2.